The van der Waals surface area contributed by atoms with Crippen LogP contribution in [0.15, 0.2) is 73.1 Å². The number of carbonyl (C=O) groups is 4. The van der Waals surface area contributed by atoms with Gasteiger partial charge in [0, 0.05) is 18.7 Å². The number of nitrogens with zero attached hydrogens (tertiary/aromatic N) is 4. The molecule has 4 amide bonds. The Morgan fingerprint density at radius 3 is 1.89 bits per heavy atom. The molecule has 3 fully saturated rings. The summed E-state index contributed by atoms with van der Waals surface area (Å²) in [7, 11) is 2.55. The maximum atomic E-state index is 13.1. The first kappa shape index (κ1) is 34.9. The van der Waals surface area contributed by atoms with E-state index in [-0.39, 0.29) is 42.4 Å². The fourth-order valence-corrected chi connectivity index (χ4v) is 7.83. The van der Waals surface area contributed by atoms with Gasteiger partial charge in [0.15, 0.2) is 0 Å². The van der Waals surface area contributed by atoms with E-state index >= 15 is 0 Å². The van der Waals surface area contributed by atoms with Crippen LogP contribution in [0.5, 0.6) is 0 Å². The Balaban J connectivity index is 0.936. The van der Waals surface area contributed by atoms with Crippen molar-refractivity contribution in [2.24, 2.45) is 5.41 Å². The highest BCUT2D eigenvalue weighted by molar-refractivity contribution is 5.91. The van der Waals surface area contributed by atoms with Crippen molar-refractivity contribution in [2.45, 2.75) is 44.2 Å². The molecule has 4 heterocycles. The number of aromatic amines is 2. The standard InChI is InChI=1S/C40H42N8O6/c1-53-38(51)43-21-34(49)47-15-3-4-32(47)36-41-20-31(46-36)29-12-11-27-16-26(9-10-28(27)17-29)24-5-7-25(8-6-24)30-19-42-37(45-30)33-18-40(13-14-40)23-48(33)35(50)22-44-39(52)54-2/h5-12,16-17,19-20,32-33H,3-4,13-15,18,21-23H2,1-2H3,(H,41,46)(H,42,45)(H,43,51)(H,44,52)/t32-,33-/m1/s1. The largest absolute Gasteiger partial charge is 0.453 e. The first-order valence-electron chi connectivity index (χ1n) is 18.2. The fraction of sp³-hybridized carbons (Fsp3) is 0.350. The van der Waals surface area contributed by atoms with Crippen LogP contribution >= 0.6 is 0 Å². The van der Waals surface area contributed by atoms with Gasteiger partial charge in [-0.3, -0.25) is 9.59 Å². The van der Waals surface area contributed by atoms with Crippen LogP contribution in [0.4, 0.5) is 9.59 Å². The van der Waals surface area contributed by atoms with E-state index in [1.807, 2.05) is 11.1 Å². The molecule has 8 rings (SSSR count). The molecule has 0 radical (unpaired) electrons. The lowest BCUT2D eigenvalue weighted by molar-refractivity contribution is -0.132. The Bertz CT molecular complexity index is 2220. The Kier molecular flexibility index (Phi) is 9.26. The third kappa shape index (κ3) is 6.98. The molecule has 3 aromatic carbocycles. The maximum Gasteiger partial charge on any atom is 0.407 e. The van der Waals surface area contributed by atoms with Crippen LogP contribution in [0.25, 0.3) is 44.4 Å². The summed E-state index contributed by atoms with van der Waals surface area (Å²) in [5.41, 5.74) is 6.07. The van der Waals surface area contributed by atoms with E-state index in [1.165, 1.54) is 14.2 Å². The van der Waals surface area contributed by atoms with Gasteiger partial charge in [-0.2, -0.15) is 0 Å². The Hall–Kier alpha value is -6.18. The number of nitrogens with one attached hydrogen (secondary N) is 4. The number of ether oxygens (including phenoxy) is 2. The van der Waals surface area contributed by atoms with Gasteiger partial charge in [0.05, 0.1) is 50.1 Å². The lowest BCUT2D eigenvalue weighted by Gasteiger charge is -2.23. The molecule has 0 unspecified atom stereocenters. The number of alkyl carbamates (subject to hydrolysis) is 2. The van der Waals surface area contributed by atoms with Gasteiger partial charge >= 0.3 is 12.2 Å². The zero-order chi connectivity index (χ0) is 37.4. The van der Waals surface area contributed by atoms with E-state index in [2.05, 4.69) is 95.7 Å². The summed E-state index contributed by atoms with van der Waals surface area (Å²) in [6.45, 7) is 1.05. The first-order chi connectivity index (χ1) is 26.2. The Morgan fingerprint density at radius 1 is 0.722 bits per heavy atom. The number of carbonyl (C=O) groups excluding carboxylic acids is 4. The van der Waals surface area contributed by atoms with Crippen LogP contribution in [-0.2, 0) is 19.1 Å². The number of fused-ring (bicyclic) bond motifs is 1. The van der Waals surface area contributed by atoms with Gasteiger partial charge in [0.1, 0.15) is 24.7 Å². The van der Waals surface area contributed by atoms with Crippen LogP contribution in [-0.4, -0.2) is 94.1 Å². The Labute approximate surface area is 311 Å². The molecule has 2 aliphatic heterocycles. The smallest absolute Gasteiger partial charge is 0.407 e. The molecular weight excluding hydrogens is 688 g/mol. The summed E-state index contributed by atoms with van der Waals surface area (Å²) in [6, 6.07) is 20.7. The van der Waals surface area contributed by atoms with E-state index in [1.54, 1.807) is 11.1 Å². The molecule has 5 aromatic rings. The van der Waals surface area contributed by atoms with Crippen LogP contribution in [0.2, 0.25) is 0 Å². The number of benzene rings is 3. The van der Waals surface area contributed by atoms with Crippen molar-refractivity contribution in [2.75, 3.05) is 40.4 Å². The fourth-order valence-electron chi connectivity index (χ4n) is 7.83. The summed E-state index contributed by atoms with van der Waals surface area (Å²) < 4.78 is 9.21. The average molecular weight is 731 g/mol. The molecule has 278 valence electrons. The second kappa shape index (κ2) is 14.3. The number of H-pyrrole nitrogens is 2. The van der Waals surface area contributed by atoms with Crippen molar-refractivity contribution in [3.63, 3.8) is 0 Å². The van der Waals surface area contributed by atoms with Gasteiger partial charge in [-0.25, -0.2) is 19.6 Å². The van der Waals surface area contributed by atoms with Crippen molar-refractivity contribution in [3.05, 3.63) is 84.7 Å². The van der Waals surface area contributed by atoms with E-state index < -0.39 is 12.2 Å². The number of rotatable bonds is 9. The van der Waals surface area contributed by atoms with E-state index in [9.17, 15) is 19.2 Å². The predicted octanol–water partition coefficient (Wildman–Crippen LogP) is 5.72. The highest BCUT2D eigenvalue weighted by atomic mass is 16.5. The molecule has 14 nitrogen and oxygen atoms in total. The molecule has 1 aliphatic carbocycles. The molecule has 4 N–H and O–H groups in total. The third-order valence-corrected chi connectivity index (χ3v) is 11.0. The quantitative estimate of drug-likeness (QED) is 0.149. The van der Waals surface area contributed by atoms with Crippen molar-refractivity contribution >= 4 is 34.8 Å². The topological polar surface area (TPSA) is 175 Å². The minimum absolute atomic E-state index is 0.111. The van der Waals surface area contributed by atoms with Crippen molar-refractivity contribution in [1.82, 2.24) is 40.4 Å². The van der Waals surface area contributed by atoms with Gasteiger partial charge in [0.2, 0.25) is 11.8 Å². The molecule has 2 aromatic heterocycles. The SMILES string of the molecule is COC(=O)NCC(=O)N1CCC[C@@H]1c1ncc(-c2ccc3cc(-c4ccc(-c5cnc([C@H]6CC7(CC7)CN6C(=O)CNC(=O)OC)[nH]5)cc4)ccc3c2)[nH]1. The molecule has 2 saturated heterocycles. The van der Waals surface area contributed by atoms with Gasteiger partial charge in [0.25, 0.3) is 0 Å². The molecule has 0 bridgehead atoms. The van der Waals surface area contributed by atoms with Crippen molar-refractivity contribution < 1.29 is 28.7 Å². The number of imidazole rings is 2. The van der Waals surface area contributed by atoms with Crippen molar-refractivity contribution in [1.29, 1.82) is 0 Å². The number of aromatic nitrogens is 4. The van der Waals surface area contributed by atoms with E-state index in [4.69, 9.17) is 4.98 Å². The zero-order valence-corrected chi connectivity index (χ0v) is 30.2. The highest BCUT2D eigenvalue weighted by Gasteiger charge is 2.54. The van der Waals surface area contributed by atoms with E-state index in [0.717, 1.165) is 88.2 Å². The number of likely N-dealkylation sites (tertiary alicyclic amines) is 2. The molecule has 3 aliphatic rings. The summed E-state index contributed by atoms with van der Waals surface area (Å²) >= 11 is 0. The molecule has 1 spiro atoms. The number of methoxy groups -OCH3 is 2. The summed E-state index contributed by atoms with van der Waals surface area (Å²) in [5.74, 6) is 1.16. The zero-order valence-electron chi connectivity index (χ0n) is 30.2. The van der Waals surface area contributed by atoms with Crippen LogP contribution in [0.3, 0.4) is 0 Å². The van der Waals surface area contributed by atoms with Gasteiger partial charge < -0.3 is 39.9 Å². The monoisotopic (exact) mass is 730 g/mol. The molecule has 1 saturated carbocycles. The molecular formula is C40H42N8O6. The lowest BCUT2D eigenvalue weighted by atomic mass is 9.98. The third-order valence-electron chi connectivity index (χ3n) is 11.0. The Morgan fingerprint density at radius 2 is 1.26 bits per heavy atom. The van der Waals surface area contributed by atoms with Crippen LogP contribution in [0, 0.1) is 5.41 Å². The average Bonchev–Trinajstić information content (AvgIpc) is 3.74. The first-order valence-corrected chi connectivity index (χ1v) is 18.2. The van der Waals surface area contributed by atoms with Crippen molar-refractivity contribution in [3.8, 4) is 33.6 Å². The van der Waals surface area contributed by atoms with E-state index in [0.29, 0.717) is 13.1 Å². The van der Waals surface area contributed by atoms with Crippen LogP contribution < -0.4 is 10.6 Å². The van der Waals surface area contributed by atoms with Gasteiger partial charge in [-0.05, 0) is 77.1 Å². The summed E-state index contributed by atoms with van der Waals surface area (Å²) in [5, 5.41) is 7.18. The second-order valence-electron chi connectivity index (χ2n) is 14.4. The normalized spacial score (nSPS) is 18.6. The number of hydrogen-bond donors (Lipinski definition) is 4. The van der Waals surface area contributed by atoms with Gasteiger partial charge in [-0.1, -0.05) is 48.5 Å². The molecule has 2 atom stereocenters. The number of hydrogen-bond acceptors (Lipinski definition) is 8. The number of amides is 4. The predicted molar refractivity (Wildman–Crippen MR) is 200 cm³/mol. The highest BCUT2D eigenvalue weighted by Crippen LogP contribution is 2.58. The minimum atomic E-state index is -0.635. The summed E-state index contributed by atoms with van der Waals surface area (Å²) in [4.78, 5) is 68.7. The lowest BCUT2D eigenvalue weighted by Crippen LogP contribution is -2.40. The van der Waals surface area contributed by atoms with Crippen LogP contribution in [0.1, 0.15) is 55.8 Å². The second-order valence-corrected chi connectivity index (χ2v) is 14.4. The molecule has 14 heteroatoms. The minimum Gasteiger partial charge on any atom is -0.453 e. The summed E-state index contributed by atoms with van der Waals surface area (Å²) in [6.07, 6.45) is 7.07. The maximum absolute atomic E-state index is 13.1. The molecule has 54 heavy (non-hydrogen) atoms. The van der Waals surface area contributed by atoms with Gasteiger partial charge in [-0.15, -0.1) is 0 Å².